The predicted octanol–water partition coefficient (Wildman–Crippen LogP) is 28.3. The quantitative estimate of drug-likeness (QED) is 0.0391. The molecular weight excluding hydrogens is 1420 g/mol. The normalized spacial score (nSPS) is 14.5. The van der Waals surface area contributed by atoms with Crippen LogP contribution in [0.5, 0.6) is 5.75 Å². The minimum Gasteiger partial charge on any atom is -0.489 e. The Morgan fingerprint density at radius 1 is 0.364 bits per heavy atom. The van der Waals surface area contributed by atoms with Crippen LogP contribution in [-0.2, 0) is 45.1 Å². The van der Waals surface area contributed by atoms with E-state index < -0.39 is 45.3 Å². The summed E-state index contributed by atoms with van der Waals surface area (Å²) in [7, 11) is -8.63. The number of carbonyl (C=O) groups is 2. The lowest BCUT2D eigenvalue weighted by Crippen LogP contribution is -2.50. The molecule has 1 amide bonds. The molecule has 1 N–H and O–H groups in total. The summed E-state index contributed by atoms with van der Waals surface area (Å²) in [6.07, 6.45) is 47.4. The van der Waals surface area contributed by atoms with Crippen molar-refractivity contribution in [3.05, 3.63) is 65.7 Å². The van der Waals surface area contributed by atoms with Crippen LogP contribution in [0.4, 0.5) is 0 Å². The van der Waals surface area contributed by atoms with E-state index in [1.54, 1.807) is 0 Å². The van der Waals surface area contributed by atoms with E-state index in [1.165, 1.54) is 180 Å². The average molecular weight is 1610 g/mol. The number of esters is 1. The summed E-state index contributed by atoms with van der Waals surface area (Å²) in [5, 5.41) is 3.59. The molecule has 0 aliphatic rings. The van der Waals surface area contributed by atoms with Crippen molar-refractivity contribution in [1.29, 1.82) is 0 Å². The lowest BCUT2D eigenvalue weighted by atomic mass is 10.0. The van der Waals surface area contributed by atoms with Gasteiger partial charge in [-0.15, -0.1) is 0 Å². The highest BCUT2D eigenvalue weighted by Gasteiger charge is 2.44. The third kappa shape index (κ3) is 46.7. The number of nitrogens with one attached hydrogen (secondary N) is 1. The fourth-order valence-electron chi connectivity index (χ4n) is 14.0. The molecule has 0 radical (unpaired) electrons. The second kappa shape index (κ2) is 56.2. The predicted molar refractivity (Wildman–Crippen MR) is 488 cm³/mol. The Bertz CT molecular complexity index is 2490. The van der Waals surface area contributed by atoms with E-state index in [9.17, 15) is 4.79 Å². The van der Waals surface area contributed by atoms with Crippen molar-refractivity contribution in [1.82, 2.24) is 15.1 Å². The zero-order valence-corrected chi connectivity index (χ0v) is 81.2. The summed E-state index contributed by atoms with van der Waals surface area (Å²) in [6, 6.07) is 17.4. The van der Waals surface area contributed by atoms with E-state index >= 15 is 4.79 Å². The van der Waals surface area contributed by atoms with E-state index in [0.717, 1.165) is 108 Å². The number of nitrogens with zero attached hydrogens (tertiary/aromatic N) is 2. The number of amides is 1. The highest BCUT2D eigenvalue weighted by atomic mass is 28.4. The Morgan fingerprint density at radius 2 is 0.655 bits per heavy atom. The molecule has 0 aliphatic carbocycles. The fourth-order valence-corrected chi connectivity index (χ4v) is 19.5. The Hall–Kier alpha value is -2.19. The van der Waals surface area contributed by atoms with Gasteiger partial charge in [0.05, 0.1) is 31.0 Å². The number of hydrogen-bond donors (Lipinski definition) is 1. The molecule has 0 heterocycles. The molecule has 11 nitrogen and oxygen atoms in total. The van der Waals surface area contributed by atoms with Gasteiger partial charge in [-0.25, -0.2) is 4.79 Å². The van der Waals surface area contributed by atoms with Gasteiger partial charge in [0.2, 0.25) is 5.91 Å². The molecule has 2 aromatic rings. The summed E-state index contributed by atoms with van der Waals surface area (Å²) in [5.74, 6) is 0.232. The number of rotatable bonds is 67. The van der Waals surface area contributed by atoms with Crippen molar-refractivity contribution in [2.24, 2.45) is 0 Å². The van der Waals surface area contributed by atoms with Crippen LogP contribution in [0, 0.1) is 0 Å². The van der Waals surface area contributed by atoms with Crippen LogP contribution >= 0.6 is 0 Å². The van der Waals surface area contributed by atoms with Crippen molar-refractivity contribution >= 4 is 45.1 Å². The smallest absolute Gasteiger partial charge is 0.328 e. The molecule has 642 valence electrons. The third-order valence-electron chi connectivity index (χ3n) is 25.4. The zero-order chi connectivity index (χ0) is 82.2. The van der Waals surface area contributed by atoms with Crippen molar-refractivity contribution in [2.45, 2.75) is 477 Å². The largest absolute Gasteiger partial charge is 0.489 e. The van der Waals surface area contributed by atoms with Gasteiger partial charge in [0.25, 0.3) is 0 Å². The second-order valence-electron chi connectivity index (χ2n) is 39.9. The maximum Gasteiger partial charge on any atom is 0.328 e. The van der Waals surface area contributed by atoms with Gasteiger partial charge in [0.15, 0.2) is 33.3 Å². The summed E-state index contributed by atoms with van der Waals surface area (Å²) in [5.41, 5.74) is 2.03. The molecule has 2 aromatic carbocycles. The van der Waals surface area contributed by atoms with E-state index in [2.05, 4.69) is 190 Å². The van der Waals surface area contributed by atoms with Crippen molar-refractivity contribution in [3.63, 3.8) is 0 Å². The van der Waals surface area contributed by atoms with Gasteiger partial charge in [0, 0.05) is 45.6 Å². The molecule has 0 fully saturated rings. The SMILES string of the molecule is CCCCCCCCCCC(CN(CCCOC(=O)[C@H](Cc1ccc(OCc2ccccc2)cc1)NC(=O)CCCN(CC(CCCCCCCCCC)O[Si](C)(C)C(C)(C)C)CC(CCCCCCCCCC)O[Si](C)(C)C(C)(C)C)CC(CCCCCCCCCC)O[Si](C)(C)C(C)(C)C)O[Si](C)(C)C(C)(C)C. The van der Waals surface area contributed by atoms with Gasteiger partial charge >= 0.3 is 5.97 Å². The number of ether oxygens (including phenoxy) is 2. The molecule has 0 bridgehead atoms. The summed E-state index contributed by atoms with van der Waals surface area (Å²) in [6.45, 7) is 62.4. The highest BCUT2D eigenvalue weighted by molar-refractivity contribution is 6.75. The van der Waals surface area contributed by atoms with Crippen molar-refractivity contribution in [3.8, 4) is 5.75 Å². The molecule has 15 heteroatoms. The number of carbonyl (C=O) groups excluding carboxylic acids is 2. The van der Waals surface area contributed by atoms with E-state index in [-0.39, 0.29) is 63.5 Å². The first-order valence-electron chi connectivity index (χ1n) is 46.2. The molecule has 5 atom stereocenters. The molecule has 0 aromatic heterocycles. The number of benzene rings is 2. The topological polar surface area (TPSA) is 108 Å². The molecule has 0 saturated carbocycles. The summed E-state index contributed by atoms with van der Waals surface area (Å²) in [4.78, 5) is 35.2. The van der Waals surface area contributed by atoms with Gasteiger partial charge in [-0.3, -0.25) is 14.6 Å². The standard InChI is InChI=1S/C95H183N3O8Si4/c1-25-29-33-37-41-45-49-56-64-85(103-107(17,18)92(5,6)7)77-97(78-86(104-108(19,20)93(8,9)10)65-57-50-46-42-38-34-30-26-2)73-60-68-90(99)96-89(76-82-69-71-84(72-70-82)102-81-83-62-54-53-55-63-83)91(100)101-75-61-74-98(79-87(105-109(21,22)94(11,12)13)66-58-51-47-43-39-35-31-27-3)80-88(106-110(23,24)95(14,15)16)67-59-52-48-44-40-36-32-28-4/h53-55,62-63,69-72,85-89H,25-52,56-61,64-68,73-81H2,1-24H3,(H,96,99)/t85?,86?,87?,88?,89-/m0/s1. The maximum atomic E-state index is 15.0. The zero-order valence-electron chi connectivity index (χ0n) is 77.2. The van der Waals surface area contributed by atoms with E-state index in [0.29, 0.717) is 25.9 Å². The van der Waals surface area contributed by atoms with Crippen LogP contribution in [0.25, 0.3) is 0 Å². The summed E-state index contributed by atoms with van der Waals surface area (Å²) >= 11 is 0. The first kappa shape index (κ1) is 104. The van der Waals surface area contributed by atoms with Gasteiger partial charge in [-0.1, -0.05) is 359 Å². The van der Waals surface area contributed by atoms with E-state index in [4.69, 9.17) is 27.2 Å². The van der Waals surface area contributed by atoms with Gasteiger partial charge in [-0.05, 0) is 141 Å². The molecule has 110 heavy (non-hydrogen) atoms. The first-order chi connectivity index (χ1) is 51.8. The second-order valence-corrected chi connectivity index (χ2v) is 59.0. The monoisotopic (exact) mass is 1610 g/mol. The molecule has 2 rings (SSSR count). The lowest BCUT2D eigenvalue weighted by Gasteiger charge is -2.42. The van der Waals surface area contributed by atoms with Gasteiger partial charge in [-0.2, -0.15) is 0 Å². The van der Waals surface area contributed by atoms with Crippen LogP contribution in [-0.4, -0.2) is 131 Å². The average Bonchev–Trinajstić information content (AvgIpc) is 0.837. The maximum absolute atomic E-state index is 15.0. The molecule has 0 aliphatic heterocycles. The molecule has 0 spiro atoms. The van der Waals surface area contributed by atoms with Crippen LogP contribution in [0.1, 0.15) is 372 Å². The van der Waals surface area contributed by atoms with Crippen molar-refractivity contribution < 1.29 is 36.8 Å². The minimum absolute atomic E-state index is 0.0693. The van der Waals surface area contributed by atoms with Crippen LogP contribution in [0.3, 0.4) is 0 Å². The minimum atomic E-state index is -2.16. The number of unbranched alkanes of at least 4 members (excludes halogenated alkanes) is 28. The fraction of sp³-hybridized carbons (Fsp3) is 0.853. The highest BCUT2D eigenvalue weighted by Crippen LogP contribution is 2.42. The Morgan fingerprint density at radius 3 is 0.955 bits per heavy atom. The molecular formula is C95H183N3O8Si4. The first-order valence-corrected chi connectivity index (χ1v) is 57.8. The van der Waals surface area contributed by atoms with E-state index in [1.807, 2.05) is 42.5 Å². The Kier molecular flexibility index (Phi) is 53.1. The van der Waals surface area contributed by atoms with Crippen LogP contribution < -0.4 is 10.1 Å². The van der Waals surface area contributed by atoms with Crippen molar-refractivity contribution in [2.75, 3.05) is 45.9 Å². The lowest BCUT2D eigenvalue weighted by molar-refractivity contribution is -0.148. The molecule has 0 saturated heterocycles. The van der Waals surface area contributed by atoms with Gasteiger partial charge in [0.1, 0.15) is 18.4 Å². The number of hydrogen-bond acceptors (Lipinski definition) is 10. The molecule has 4 unspecified atom stereocenters. The third-order valence-corrected chi connectivity index (χ3v) is 43.5. The van der Waals surface area contributed by atoms with Crippen LogP contribution in [0.15, 0.2) is 54.6 Å². The van der Waals surface area contributed by atoms with Crippen LogP contribution in [0.2, 0.25) is 72.5 Å². The Balaban J connectivity index is 2.69. The van der Waals surface area contributed by atoms with Gasteiger partial charge < -0.3 is 32.5 Å². The summed E-state index contributed by atoms with van der Waals surface area (Å²) < 4.78 is 42.8. The Labute approximate surface area is 687 Å².